The molecule has 5 aliphatic carbocycles. The van der Waals surface area contributed by atoms with Crippen LogP contribution in [0.4, 0.5) is 0 Å². The fourth-order valence-electron chi connectivity index (χ4n) is 12.4. The maximum Gasteiger partial charge on any atom is 0.314 e. The first-order chi connectivity index (χ1) is 18.0. The zero-order valence-electron chi connectivity index (χ0n) is 25.5. The molecule has 39 heavy (non-hydrogen) atoms. The van der Waals surface area contributed by atoms with Crippen molar-refractivity contribution in [3.63, 3.8) is 0 Å². The van der Waals surface area contributed by atoms with Gasteiger partial charge in [0.15, 0.2) is 0 Å². The summed E-state index contributed by atoms with van der Waals surface area (Å²) in [5.41, 5.74) is -0.700. The van der Waals surface area contributed by atoms with E-state index >= 15 is 0 Å². The number of aliphatic hydroxyl groups excluding tert-OH is 2. The van der Waals surface area contributed by atoms with E-state index in [1.165, 1.54) is 26.0 Å². The van der Waals surface area contributed by atoms with Crippen molar-refractivity contribution < 1.29 is 29.3 Å². The van der Waals surface area contributed by atoms with Crippen LogP contribution < -0.4 is 0 Å². The molecule has 0 aromatic heterocycles. The minimum absolute atomic E-state index is 0.0593. The van der Waals surface area contributed by atoms with Crippen LogP contribution in [0.15, 0.2) is 12.2 Å². The van der Waals surface area contributed by atoms with Crippen LogP contribution in [-0.4, -0.2) is 47.6 Å². The summed E-state index contributed by atoms with van der Waals surface area (Å²) < 4.78 is 11.4. The lowest BCUT2D eigenvalue weighted by Crippen LogP contribution is -2.74. The third-order valence-corrected chi connectivity index (χ3v) is 14.0. The molecule has 0 heterocycles. The van der Waals surface area contributed by atoms with E-state index in [1.807, 2.05) is 0 Å². The van der Waals surface area contributed by atoms with Gasteiger partial charge >= 0.3 is 11.9 Å². The summed E-state index contributed by atoms with van der Waals surface area (Å²) in [5, 5.41) is 23.5. The predicted octanol–water partition coefficient (Wildman–Crippen LogP) is 5.69. The van der Waals surface area contributed by atoms with Crippen LogP contribution in [0.5, 0.6) is 0 Å². The second-order valence-corrected chi connectivity index (χ2v) is 15.5. The molecule has 5 fully saturated rings. The van der Waals surface area contributed by atoms with Crippen LogP contribution in [0.3, 0.4) is 0 Å². The summed E-state index contributed by atoms with van der Waals surface area (Å²) in [6.45, 7) is 19.2. The highest BCUT2D eigenvalue weighted by atomic mass is 16.5. The van der Waals surface area contributed by atoms with Crippen LogP contribution in [0.25, 0.3) is 0 Å². The number of esters is 2. The van der Waals surface area contributed by atoms with Gasteiger partial charge in [-0.2, -0.15) is 0 Å². The van der Waals surface area contributed by atoms with Gasteiger partial charge in [-0.05, 0) is 111 Å². The van der Waals surface area contributed by atoms with E-state index in [2.05, 4.69) is 41.2 Å². The lowest BCUT2D eigenvalue weighted by atomic mass is 9.30. The van der Waals surface area contributed by atoms with Gasteiger partial charge in [-0.25, -0.2) is 0 Å². The molecule has 0 saturated heterocycles. The molecule has 13 unspecified atom stereocenters. The quantitative estimate of drug-likeness (QED) is 0.350. The Labute approximate surface area is 235 Å². The van der Waals surface area contributed by atoms with Crippen LogP contribution in [0.1, 0.15) is 99.8 Å². The van der Waals surface area contributed by atoms with Crippen molar-refractivity contribution in [2.75, 3.05) is 7.11 Å². The number of ether oxygens (including phenoxy) is 2. The van der Waals surface area contributed by atoms with Gasteiger partial charge in [0, 0.05) is 12.8 Å². The van der Waals surface area contributed by atoms with Crippen molar-refractivity contribution in [3.8, 4) is 0 Å². The third-order valence-electron chi connectivity index (χ3n) is 14.0. The molecule has 5 rings (SSSR count). The minimum atomic E-state index is -1.23. The first-order valence-electron chi connectivity index (χ1n) is 15.3. The van der Waals surface area contributed by atoms with Crippen molar-refractivity contribution in [1.29, 1.82) is 0 Å². The number of hydrogen-bond acceptors (Lipinski definition) is 6. The van der Waals surface area contributed by atoms with Crippen LogP contribution in [-0.2, 0) is 19.1 Å². The van der Waals surface area contributed by atoms with Gasteiger partial charge in [-0.15, -0.1) is 0 Å². The van der Waals surface area contributed by atoms with E-state index in [4.69, 9.17) is 9.47 Å². The number of rotatable bonds is 3. The SMILES string of the molecule is C=C(C)C1CCC2(C)C1CCC1(C)C2CC(O)C2C3(C)CCC(O)C(C)(C(=O)OC)C3C(OC(C)=O)CC21C. The topological polar surface area (TPSA) is 93.1 Å². The number of aliphatic hydroxyl groups is 2. The summed E-state index contributed by atoms with van der Waals surface area (Å²) in [5.74, 6) is 0.108. The average Bonchev–Trinajstić information content (AvgIpc) is 3.19. The zero-order chi connectivity index (χ0) is 28.9. The van der Waals surface area contributed by atoms with Gasteiger partial charge in [-0.3, -0.25) is 9.59 Å². The molecule has 5 aliphatic rings. The van der Waals surface area contributed by atoms with Crippen molar-refractivity contribution in [2.24, 2.45) is 56.7 Å². The average molecular weight is 545 g/mol. The number of fused-ring (bicyclic) bond motifs is 7. The van der Waals surface area contributed by atoms with Crippen molar-refractivity contribution in [1.82, 2.24) is 0 Å². The van der Waals surface area contributed by atoms with Crippen LogP contribution in [0, 0.1) is 56.7 Å². The first kappa shape index (κ1) is 29.1. The number of allylic oxidation sites excluding steroid dienone is 1. The second kappa shape index (κ2) is 9.05. The van der Waals surface area contributed by atoms with Crippen molar-refractivity contribution >= 4 is 11.9 Å². The largest absolute Gasteiger partial charge is 0.469 e. The molecule has 6 heteroatoms. The summed E-state index contributed by atoms with van der Waals surface area (Å²) in [7, 11) is 1.36. The zero-order valence-corrected chi connectivity index (χ0v) is 25.5. The Morgan fingerprint density at radius 2 is 1.51 bits per heavy atom. The number of carbonyl (C=O) groups is 2. The van der Waals surface area contributed by atoms with E-state index in [0.29, 0.717) is 37.0 Å². The lowest BCUT2D eigenvalue weighted by molar-refractivity contribution is -0.304. The fraction of sp³-hybridized carbons (Fsp3) is 0.879. The normalized spacial score (nSPS) is 54.4. The molecule has 0 aromatic rings. The van der Waals surface area contributed by atoms with E-state index in [9.17, 15) is 19.8 Å². The molecule has 0 amide bonds. The number of carbonyl (C=O) groups excluding carboxylic acids is 2. The molecule has 5 saturated carbocycles. The molecule has 0 aromatic carbocycles. The highest BCUT2D eigenvalue weighted by molar-refractivity contribution is 5.78. The van der Waals surface area contributed by atoms with Crippen LogP contribution in [0.2, 0.25) is 0 Å². The van der Waals surface area contributed by atoms with Gasteiger partial charge in [0.2, 0.25) is 0 Å². The molecule has 0 aliphatic heterocycles. The molecular weight excluding hydrogens is 492 g/mol. The van der Waals surface area contributed by atoms with Crippen LogP contribution >= 0.6 is 0 Å². The fourth-order valence-corrected chi connectivity index (χ4v) is 12.4. The molecule has 0 spiro atoms. The Morgan fingerprint density at radius 3 is 2.10 bits per heavy atom. The van der Waals surface area contributed by atoms with Gasteiger partial charge in [0.25, 0.3) is 0 Å². The Kier molecular flexibility index (Phi) is 6.75. The summed E-state index contributed by atoms with van der Waals surface area (Å²) in [4.78, 5) is 26.0. The summed E-state index contributed by atoms with van der Waals surface area (Å²) in [6.07, 6.45) is 5.01. The Morgan fingerprint density at radius 1 is 0.872 bits per heavy atom. The molecular formula is C33H52O6. The standard InChI is InChI=1S/C33H52O6/c1-18(2)20-10-13-29(4)21(20)11-15-31(6)24(29)16-22(35)26-30(5)14-12-25(36)33(8,28(37)38-9)27(30)23(39-19(3)34)17-32(26,31)7/h20-27,35-36H,1,10-17H2,2-9H3. The van der Waals surface area contributed by atoms with Gasteiger partial charge < -0.3 is 19.7 Å². The predicted molar refractivity (Wildman–Crippen MR) is 149 cm³/mol. The molecule has 13 atom stereocenters. The molecule has 6 nitrogen and oxygen atoms in total. The van der Waals surface area contributed by atoms with E-state index < -0.39 is 41.0 Å². The number of methoxy groups -OCH3 is 1. The molecule has 220 valence electrons. The number of hydrogen-bond donors (Lipinski definition) is 2. The Balaban J connectivity index is 1.65. The third kappa shape index (κ3) is 3.58. The molecule has 0 radical (unpaired) electrons. The van der Waals surface area contributed by atoms with E-state index in [1.54, 1.807) is 6.92 Å². The second-order valence-electron chi connectivity index (χ2n) is 15.5. The monoisotopic (exact) mass is 544 g/mol. The Bertz CT molecular complexity index is 1050. The van der Waals surface area contributed by atoms with Crippen molar-refractivity contribution in [3.05, 3.63) is 12.2 Å². The lowest BCUT2D eigenvalue weighted by Gasteiger charge is -2.74. The first-order valence-corrected chi connectivity index (χ1v) is 15.3. The maximum atomic E-state index is 13.4. The van der Waals surface area contributed by atoms with Crippen molar-refractivity contribution in [2.45, 2.75) is 118 Å². The summed E-state index contributed by atoms with van der Waals surface area (Å²) >= 11 is 0. The highest BCUT2D eigenvalue weighted by Crippen LogP contribution is 2.78. The maximum absolute atomic E-state index is 13.4. The van der Waals surface area contributed by atoms with Gasteiger partial charge in [0.1, 0.15) is 6.10 Å². The summed E-state index contributed by atoms with van der Waals surface area (Å²) in [6, 6.07) is 0. The molecule has 0 bridgehead atoms. The highest BCUT2D eigenvalue weighted by Gasteiger charge is 2.76. The smallest absolute Gasteiger partial charge is 0.314 e. The minimum Gasteiger partial charge on any atom is -0.469 e. The van der Waals surface area contributed by atoms with Gasteiger partial charge in [0.05, 0.1) is 24.7 Å². The Hall–Kier alpha value is -1.40. The molecule has 2 N–H and O–H groups in total. The van der Waals surface area contributed by atoms with E-state index in [-0.39, 0.29) is 28.1 Å². The van der Waals surface area contributed by atoms with E-state index in [0.717, 1.165) is 25.7 Å². The van der Waals surface area contributed by atoms with Gasteiger partial charge in [-0.1, -0.05) is 39.8 Å².